The number of pyridine rings is 1. The van der Waals surface area contributed by atoms with Crippen molar-refractivity contribution >= 4 is 0 Å². The van der Waals surface area contributed by atoms with Crippen molar-refractivity contribution in [2.24, 2.45) is 5.73 Å². The molecule has 2 aromatic heterocycles. The molecule has 0 aliphatic heterocycles. The van der Waals surface area contributed by atoms with Crippen LogP contribution < -0.4 is 5.73 Å². The van der Waals surface area contributed by atoms with Gasteiger partial charge in [-0.3, -0.25) is 9.67 Å². The van der Waals surface area contributed by atoms with Gasteiger partial charge in [0.05, 0.1) is 11.7 Å². The number of aromatic nitrogens is 4. The minimum absolute atomic E-state index is 0.133. The zero-order valence-corrected chi connectivity index (χ0v) is 10.9. The van der Waals surface area contributed by atoms with Crippen LogP contribution in [0.5, 0.6) is 0 Å². The fraction of sp³-hybridized carbons (Fsp3) is 0.462. The Labute approximate surface area is 107 Å². The van der Waals surface area contributed by atoms with Crippen molar-refractivity contribution in [1.29, 1.82) is 0 Å². The summed E-state index contributed by atoms with van der Waals surface area (Å²) >= 11 is 0. The number of aryl methyl sites for hydroxylation is 2. The molecule has 0 spiro atoms. The Balaban J connectivity index is 2.14. The Kier molecular flexibility index (Phi) is 4.04. The molecule has 2 aromatic rings. The van der Waals surface area contributed by atoms with Gasteiger partial charge in [0.1, 0.15) is 12.2 Å². The molecule has 1 atom stereocenters. The molecule has 18 heavy (non-hydrogen) atoms. The van der Waals surface area contributed by atoms with E-state index in [4.69, 9.17) is 5.73 Å². The summed E-state index contributed by atoms with van der Waals surface area (Å²) in [6.07, 6.45) is 5.06. The highest BCUT2D eigenvalue weighted by Crippen LogP contribution is 2.16. The van der Waals surface area contributed by atoms with Crippen molar-refractivity contribution in [3.63, 3.8) is 0 Å². The van der Waals surface area contributed by atoms with Crippen molar-refractivity contribution in [3.05, 3.63) is 41.7 Å². The maximum absolute atomic E-state index is 6.21. The maximum atomic E-state index is 6.21. The van der Waals surface area contributed by atoms with Gasteiger partial charge in [0.15, 0.2) is 0 Å². The molecule has 96 valence electrons. The third kappa shape index (κ3) is 2.73. The summed E-state index contributed by atoms with van der Waals surface area (Å²) in [5.41, 5.74) is 8.26. The molecule has 0 bridgehead atoms. The lowest BCUT2D eigenvalue weighted by Crippen LogP contribution is -2.19. The summed E-state index contributed by atoms with van der Waals surface area (Å²) < 4.78 is 1.91. The van der Waals surface area contributed by atoms with E-state index >= 15 is 0 Å². The lowest BCUT2D eigenvalue weighted by Gasteiger charge is -2.13. The molecule has 0 aromatic carbocycles. The van der Waals surface area contributed by atoms with Gasteiger partial charge in [-0.05, 0) is 25.0 Å². The third-order valence-electron chi connectivity index (χ3n) is 2.93. The van der Waals surface area contributed by atoms with E-state index in [0.717, 1.165) is 30.0 Å². The average molecular weight is 245 g/mol. The van der Waals surface area contributed by atoms with E-state index in [0.29, 0.717) is 6.42 Å². The molecule has 0 saturated heterocycles. The fourth-order valence-electron chi connectivity index (χ4n) is 2.02. The largest absolute Gasteiger partial charge is 0.322 e. The van der Waals surface area contributed by atoms with Crippen molar-refractivity contribution in [2.45, 2.75) is 39.3 Å². The van der Waals surface area contributed by atoms with Crippen LogP contribution in [-0.2, 0) is 13.0 Å². The summed E-state index contributed by atoms with van der Waals surface area (Å²) in [6, 6.07) is 3.82. The van der Waals surface area contributed by atoms with Gasteiger partial charge in [0.2, 0.25) is 0 Å². The van der Waals surface area contributed by atoms with Gasteiger partial charge < -0.3 is 5.73 Å². The van der Waals surface area contributed by atoms with Crippen molar-refractivity contribution in [2.75, 3.05) is 0 Å². The fourth-order valence-corrected chi connectivity index (χ4v) is 2.02. The summed E-state index contributed by atoms with van der Waals surface area (Å²) in [6.45, 7) is 5.02. The second-order valence-corrected chi connectivity index (χ2v) is 4.42. The quantitative estimate of drug-likeness (QED) is 0.869. The molecule has 0 saturated carbocycles. The highest BCUT2D eigenvalue weighted by molar-refractivity contribution is 5.21. The lowest BCUT2D eigenvalue weighted by molar-refractivity contribution is 0.544. The molecule has 0 amide bonds. The van der Waals surface area contributed by atoms with Crippen LogP contribution in [0.25, 0.3) is 0 Å². The van der Waals surface area contributed by atoms with E-state index in [1.165, 1.54) is 0 Å². The Morgan fingerprint density at radius 3 is 2.94 bits per heavy atom. The molecular formula is C13H19N5. The van der Waals surface area contributed by atoms with E-state index in [9.17, 15) is 0 Å². The molecule has 0 aliphatic carbocycles. The Hall–Kier alpha value is -1.75. The molecular weight excluding hydrogens is 226 g/mol. The Morgan fingerprint density at radius 2 is 2.22 bits per heavy atom. The topological polar surface area (TPSA) is 69.6 Å². The number of hydrogen-bond donors (Lipinski definition) is 1. The van der Waals surface area contributed by atoms with Crippen LogP contribution in [0.2, 0.25) is 0 Å². The predicted octanol–water partition coefficient (Wildman–Crippen LogP) is 1.63. The van der Waals surface area contributed by atoms with Crippen molar-refractivity contribution in [1.82, 2.24) is 19.7 Å². The van der Waals surface area contributed by atoms with Crippen LogP contribution in [0.4, 0.5) is 0 Å². The first-order valence-corrected chi connectivity index (χ1v) is 6.26. The van der Waals surface area contributed by atoms with Crippen LogP contribution in [0.3, 0.4) is 0 Å². The van der Waals surface area contributed by atoms with Crippen molar-refractivity contribution < 1.29 is 0 Å². The van der Waals surface area contributed by atoms with E-state index in [-0.39, 0.29) is 6.04 Å². The van der Waals surface area contributed by atoms with Crippen LogP contribution >= 0.6 is 0 Å². The van der Waals surface area contributed by atoms with Gasteiger partial charge in [0, 0.05) is 19.2 Å². The van der Waals surface area contributed by atoms with Gasteiger partial charge in [-0.25, -0.2) is 4.98 Å². The summed E-state index contributed by atoms with van der Waals surface area (Å²) in [5, 5.41) is 4.20. The van der Waals surface area contributed by atoms with Gasteiger partial charge in [-0.1, -0.05) is 13.0 Å². The first-order valence-electron chi connectivity index (χ1n) is 6.26. The number of rotatable bonds is 5. The first-order chi connectivity index (χ1) is 8.72. The smallest absolute Gasteiger partial charge is 0.138 e. The summed E-state index contributed by atoms with van der Waals surface area (Å²) in [4.78, 5) is 8.63. The van der Waals surface area contributed by atoms with E-state index in [1.807, 2.05) is 23.7 Å². The van der Waals surface area contributed by atoms with Crippen molar-refractivity contribution in [3.8, 4) is 0 Å². The summed E-state index contributed by atoms with van der Waals surface area (Å²) in [7, 11) is 0. The first kappa shape index (κ1) is 12.7. The SMILES string of the molecule is CCCn1ncnc1CC(N)c1ncccc1C. The standard InChI is InChI=1S/C13H19N5/c1-3-7-18-12(16-9-17-18)8-11(14)13-10(2)5-4-6-15-13/h4-6,9,11H,3,7-8,14H2,1-2H3. The third-order valence-corrected chi connectivity index (χ3v) is 2.93. The highest BCUT2D eigenvalue weighted by Gasteiger charge is 2.14. The predicted molar refractivity (Wildman–Crippen MR) is 69.9 cm³/mol. The van der Waals surface area contributed by atoms with E-state index in [2.05, 4.69) is 22.0 Å². The normalized spacial score (nSPS) is 12.6. The monoisotopic (exact) mass is 245 g/mol. The Bertz CT molecular complexity index is 506. The van der Waals surface area contributed by atoms with Gasteiger partial charge in [-0.2, -0.15) is 5.10 Å². The molecule has 2 N–H and O–H groups in total. The van der Waals surface area contributed by atoms with Crippen LogP contribution in [0, 0.1) is 6.92 Å². The lowest BCUT2D eigenvalue weighted by atomic mass is 10.1. The molecule has 2 heterocycles. The number of nitrogens with two attached hydrogens (primary N) is 1. The van der Waals surface area contributed by atoms with Gasteiger partial charge in [-0.15, -0.1) is 0 Å². The van der Waals surface area contributed by atoms with Crippen LogP contribution in [0.1, 0.15) is 36.5 Å². The van der Waals surface area contributed by atoms with E-state index < -0.39 is 0 Å². The van der Waals surface area contributed by atoms with Crippen LogP contribution in [0.15, 0.2) is 24.7 Å². The number of hydrogen-bond acceptors (Lipinski definition) is 4. The minimum Gasteiger partial charge on any atom is -0.322 e. The highest BCUT2D eigenvalue weighted by atomic mass is 15.3. The zero-order valence-electron chi connectivity index (χ0n) is 10.9. The summed E-state index contributed by atoms with van der Waals surface area (Å²) in [5.74, 6) is 0.925. The minimum atomic E-state index is -0.133. The molecule has 5 heteroatoms. The molecule has 2 rings (SSSR count). The number of nitrogens with zero attached hydrogens (tertiary/aromatic N) is 4. The molecule has 0 radical (unpaired) electrons. The Morgan fingerprint density at radius 1 is 1.39 bits per heavy atom. The zero-order chi connectivity index (χ0) is 13.0. The molecule has 5 nitrogen and oxygen atoms in total. The van der Waals surface area contributed by atoms with Gasteiger partial charge in [0.25, 0.3) is 0 Å². The van der Waals surface area contributed by atoms with Crippen LogP contribution in [-0.4, -0.2) is 19.7 Å². The second-order valence-electron chi connectivity index (χ2n) is 4.42. The maximum Gasteiger partial charge on any atom is 0.138 e. The second kappa shape index (κ2) is 5.73. The molecule has 0 aliphatic rings. The van der Waals surface area contributed by atoms with E-state index in [1.54, 1.807) is 12.5 Å². The van der Waals surface area contributed by atoms with Gasteiger partial charge >= 0.3 is 0 Å². The molecule has 0 fully saturated rings. The average Bonchev–Trinajstić information content (AvgIpc) is 2.78. The molecule has 1 unspecified atom stereocenters.